The summed E-state index contributed by atoms with van der Waals surface area (Å²) in [4.78, 5) is 12.7. The molecule has 8 heteroatoms. The maximum absolute atomic E-state index is 13.1. The number of hydrogen-bond acceptors (Lipinski definition) is 4. The minimum Gasteiger partial charge on any atom is -0.320 e. The molecule has 0 atom stereocenters. The minimum atomic E-state index is -0.316. The van der Waals surface area contributed by atoms with E-state index in [4.69, 9.17) is 11.6 Å². The van der Waals surface area contributed by atoms with Crippen molar-refractivity contribution in [2.24, 2.45) is 17.3 Å². The first-order valence-corrected chi connectivity index (χ1v) is 8.92. The molecule has 0 spiro atoms. The van der Waals surface area contributed by atoms with Crippen LogP contribution in [0.1, 0.15) is 5.56 Å². The predicted molar refractivity (Wildman–Crippen MR) is 101 cm³/mol. The van der Waals surface area contributed by atoms with E-state index in [9.17, 15) is 9.18 Å². The van der Waals surface area contributed by atoms with Crippen LogP contribution in [0.2, 0.25) is 5.02 Å². The molecular weight excluding hydrogens is 375 g/mol. The molecule has 1 aliphatic rings. The molecule has 1 aliphatic heterocycles. The molecule has 0 radical (unpaired) electrons. The summed E-state index contributed by atoms with van der Waals surface area (Å²) in [5.41, 5.74) is 3.27. The number of thiazole rings is 1. The average molecular weight is 387 g/mol. The first-order valence-electron chi connectivity index (χ1n) is 7.66. The molecule has 0 bridgehead atoms. The van der Waals surface area contributed by atoms with E-state index >= 15 is 0 Å². The fourth-order valence-electron chi connectivity index (χ4n) is 2.66. The topological polar surface area (TPSA) is 58.8 Å². The van der Waals surface area contributed by atoms with Gasteiger partial charge < -0.3 is 9.88 Å². The van der Waals surface area contributed by atoms with Gasteiger partial charge in [-0.3, -0.25) is 4.79 Å². The molecule has 130 valence electrons. The number of hydrogen-bond donors (Lipinski definition) is 1. The van der Waals surface area contributed by atoms with Crippen molar-refractivity contribution in [1.82, 2.24) is 4.57 Å². The van der Waals surface area contributed by atoms with Crippen molar-refractivity contribution in [3.05, 3.63) is 69.0 Å². The molecule has 4 rings (SSSR count). The number of nitrogens with zero attached hydrogens (tertiary/aromatic N) is 3. The third kappa shape index (κ3) is 2.95. The molecule has 0 fully saturated rings. The standard InChI is InChI=1S/C18H12ClFN4OS/c1-24-15(10-2-5-12(20)6-3-10)9-26-18(24)23-22-16-13-8-11(19)4-7-14(13)21-17(16)25/h2-9H,1H3,(H,21,22,25)/b23-18-. The Morgan fingerprint density at radius 3 is 2.69 bits per heavy atom. The number of amides is 1. The predicted octanol–water partition coefficient (Wildman–Crippen LogP) is 3.80. The van der Waals surface area contributed by atoms with Crippen LogP contribution < -0.4 is 10.1 Å². The van der Waals surface area contributed by atoms with Gasteiger partial charge in [0.05, 0.1) is 11.4 Å². The zero-order valence-corrected chi connectivity index (χ0v) is 15.1. The van der Waals surface area contributed by atoms with Crippen molar-refractivity contribution in [2.75, 3.05) is 5.32 Å². The van der Waals surface area contributed by atoms with Gasteiger partial charge in [0.1, 0.15) is 5.82 Å². The van der Waals surface area contributed by atoms with Crippen molar-refractivity contribution < 1.29 is 9.18 Å². The van der Waals surface area contributed by atoms with Gasteiger partial charge in [-0.15, -0.1) is 21.5 Å². The molecule has 0 aliphatic carbocycles. The lowest BCUT2D eigenvalue weighted by Gasteiger charge is -2.02. The number of rotatable bonds is 2. The molecule has 26 heavy (non-hydrogen) atoms. The van der Waals surface area contributed by atoms with Crippen LogP contribution in [0.15, 0.2) is 58.0 Å². The first kappa shape index (κ1) is 16.7. The molecule has 2 aromatic carbocycles. The monoisotopic (exact) mass is 386 g/mol. The minimum absolute atomic E-state index is 0.222. The highest BCUT2D eigenvalue weighted by Crippen LogP contribution is 2.26. The Morgan fingerprint density at radius 1 is 1.15 bits per heavy atom. The zero-order chi connectivity index (χ0) is 18.3. The van der Waals surface area contributed by atoms with Gasteiger partial charge in [-0.1, -0.05) is 11.6 Å². The third-order valence-corrected chi connectivity index (χ3v) is 5.14. The lowest BCUT2D eigenvalue weighted by molar-refractivity contribution is -0.110. The van der Waals surface area contributed by atoms with Gasteiger partial charge in [0.25, 0.3) is 5.91 Å². The summed E-state index contributed by atoms with van der Waals surface area (Å²) in [6.45, 7) is 0. The van der Waals surface area contributed by atoms with Crippen LogP contribution >= 0.6 is 22.9 Å². The number of halogens is 2. The van der Waals surface area contributed by atoms with Crippen molar-refractivity contribution in [3.63, 3.8) is 0 Å². The molecule has 0 saturated heterocycles. The van der Waals surface area contributed by atoms with Crippen LogP contribution in [0.5, 0.6) is 0 Å². The van der Waals surface area contributed by atoms with E-state index < -0.39 is 0 Å². The number of benzene rings is 2. The van der Waals surface area contributed by atoms with Gasteiger partial charge in [0.2, 0.25) is 4.80 Å². The number of carbonyl (C=O) groups is 1. The third-order valence-electron chi connectivity index (χ3n) is 4.00. The van der Waals surface area contributed by atoms with Crippen LogP contribution in [-0.2, 0) is 11.8 Å². The van der Waals surface area contributed by atoms with Crippen LogP contribution in [0, 0.1) is 5.82 Å². The Balaban J connectivity index is 1.75. The Bertz CT molecular complexity index is 1110. The number of aromatic nitrogens is 1. The quantitative estimate of drug-likeness (QED) is 0.669. The van der Waals surface area contributed by atoms with Crippen LogP contribution in [0.4, 0.5) is 10.1 Å². The van der Waals surface area contributed by atoms with Gasteiger partial charge in [-0.25, -0.2) is 4.39 Å². The number of fused-ring (bicyclic) bond motifs is 1. The highest BCUT2D eigenvalue weighted by molar-refractivity contribution is 7.07. The van der Waals surface area contributed by atoms with E-state index in [1.54, 1.807) is 30.3 Å². The fourth-order valence-corrected chi connectivity index (χ4v) is 3.69. The second-order valence-corrected chi connectivity index (χ2v) is 6.94. The zero-order valence-electron chi connectivity index (χ0n) is 13.5. The van der Waals surface area contributed by atoms with Crippen molar-refractivity contribution in [3.8, 4) is 11.3 Å². The second kappa shape index (κ2) is 6.51. The van der Waals surface area contributed by atoms with E-state index in [0.29, 0.717) is 21.1 Å². The molecular formula is C18H12ClFN4OS. The maximum atomic E-state index is 13.1. The van der Waals surface area contributed by atoms with Gasteiger partial charge in [-0.05, 0) is 48.0 Å². The summed E-state index contributed by atoms with van der Waals surface area (Å²) < 4.78 is 14.9. The van der Waals surface area contributed by atoms with Crippen LogP contribution in [-0.4, -0.2) is 16.2 Å². The maximum Gasteiger partial charge on any atom is 0.276 e. The Labute approximate surface area is 157 Å². The van der Waals surface area contributed by atoms with E-state index in [1.807, 2.05) is 17.0 Å². The Morgan fingerprint density at radius 2 is 1.92 bits per heavy atom. The lowest BCUT2D eigenvalue weighted by atomic mass is 10.1. The molecule has 3 aromatic rings. The van der Waals surface area contributed by atoms with Gasteiger partial charge in [0, 0.05) is 23.0 Å². The van der Waals surface area contributed by atoms with E-state index in [1.165, 1.54) is 23.5 Å². The normalized spacial score (nSPS) is 15.4. The van der Waals surface area contributed by atoms with Crippen LogP contribution in [0.25, 0.3) is 11.3 Å². The van der Waals surface area contributed by atoms with E-state index in [2.05, 4.69) is 15.5 Å². The van der Waals surface area contributed by atoms with E-state index in [0.717, 1.165) is 11.3 Å². The van der Waals surface area contributed by atoms with E-state index in [-0.39, 0.29) is 17.4 Å². The number of nitrogens with one attached hydrogen (secondary N) is 1. The van der Waals surface area contributed by atoms with Gasteiger partial charge >= 0.3 is 0 Å². The van der Waals surface area contributed by atoms with Crippen molar-refractivity contribution >= 4 is 40.2 Å². The molecule has 1 N–H and O–H groups in total. The highest BCUT2D eigenvalue weighted by Gasteiger charge is 2.26. The average Bonchev–Trinajstić information content (AvgIpc) is 3.13. The summed E-state index contributed by atoms with van der Waals surface area (Å²) >= 11 is 7.39. The molecule has 2 heterocycles. The second-order valence-electron chi connectivity index (χ2n) is 5.66. The van der Waals surface area contributed by atoms with Gasteiger partial charge in [0.15, 0.2) is 5.71 Å². The molecule has 5 nitrogen and oxygen atoms in total. The molecule has 0 saturated carbocycles. The lowest BCUT2D eigenvalue weighted by Crippen LogP contribution is -2.15. The summed E-state index contributed by atoms with van der Waals surface area (Å²) in [5.74, 6) is -0.600. The molecule has 1 amide bonds. The molecule has 1 aromatic heterocycles. The fraction of sp³-hybridized carbons (Fsp3) is 0.0556. The SMILES string of the molecule is Cn1c(-c2ccc(F)cc2)cs/c1=N\N=C1\C(=O)Nc2ccc(Cl)cc21. The van der Waals surface area contributed by atoms with Crippen LogP contribution in [0.3, 0.4) is 0 Å². The largest absolute Gasteiger partial charge is 0.320 e. The number of carbonyl (C=O) groups excluding carboxylic acids is 1. The first-order chi connectivity index (χ1) is 12.5. The summed E-state index contributed by atoms with van der Waals surface area (Å²) in [6, 6.07) is 11.3. The smallest absolute Gasteiger partial charge is 0.276 e. The Hall–Kier alpha value is -2.77. The highest BCUT2D eigenvalue weighted by atomic mass is 35.5. The van der Waals surface area contributed by atoms with Crippen molar-refractivity contribution in [2.45, 2.75) is 0 Å². The number of anilines is 1. The summed E-state index contributed by atoms with van der Waals surface area (Å²) in [6.07, 6.45) is 0. The summed E-state index contributed by atoms with van der Waals surface area (Å²) in [7, 11) is 1.84. The Kier molecular flexibility index (Phi) is 4.18. The molecule has 0 unspecified atom stereocenters. The van der Waals surface area contributed by atoms with Crippen molar-refractivity contribution in [1.29, 1.82) is 0 Å². The summed E-state index contributed by atoms with van der Waals surface area (Å²) in [5, 5.41) is 13.5. The van der Waals surface area contributed by atoms with Gasteiger partial charge in [-0.2, -0.15) is 0 Å².